The van der Waals surface area contributed by atoms with Crippen molar-refractivity contribution in [2.24, 2.45) is 0 Å². The van der Waals surface area contributed by atoms with E-state index in [4.69, 9.17) is 9.16 Å². The summed E-state index contributed by atoms with van der Waals surface area (Å²) >= 11 is 0. The molecule has 0 N–H and O–H groups in total. The number of aldehydes is 1. The summed E-state index contributed by atoms with van der Waals surface area (Å²) in [5.74, 6) is 0. The molecule has 3 nitrogen and oxygen atoms in total. The summed E-state index contributed by atoms with van der Waals surface area (Å²) in [5.41, 5.74) is -0.448. The molecule has 0 atom stereocenters. The lowest BCUT2D eigenvalue weighted by Gasteiger charge is -2.36. The normalized spacial score (nSPS) is 19.6. The van der Waals surface area contributed by atoms with Crippen LogP contribution in [0.2, 0.25) is 18.1 Å². The third kappa shape index (κ3) is 3.40. The number of hydrogen-bond donors (Lipinski definition) is 0. The van der Waals surface area contributed by atoms with Crippen LogP contribution in [0.4, 0.5) is 0 Å². The SMILES string of the molecule is CC(C)(C)[Si](C)(C)OCCOC1(C=O)CC1. The molecule has 1 saturated carbocycles. The van der Waals surface area contributed by atoms with Crippen molar-refractivity contribution >= 4 is 14.6 Å². The fourth-order valence-electron chi connectivity index (χ4n) is 1.18. The zero-order valence-corrected chi connectivity index (χ0v) is 12.1. The van der Waals surface area contributed by atoms with Gasteiger partial charge in [-0.3, -0.25) is 0 Å². The molecule has 94 valence electrons. The van der Waals surface area contributed by atoms with E-state index in [0.29, 0.717) is 13.2 Å². The Labute approximate surface area is 99.6 Å². The summed E-state index contributed by atoms with van der Waals surface area (Å²) in [5, 5.41) is 0.231. The quantitative estimate of drug-likeness (QED) is 0.409. The summed E-state index contributed by atoms with van der Waals surface area (Å²) in [6, 6.07) is 0. The van der Waals surface area contributed by atoms with Gasteiger partial charge in [-0.15, -0.1) is 0 Å². The molecule has 1 fully saturated rings. The molecular formula is C12H24O3Si. The van der Waals surface area contributed by atoms with Crippen molar-refractivity contribution in [3.05, 3.63) is 0 Å². The molecule has 1 aliphatic carbocycles. The van der Waals surface area contributed by atoms with Crippen molar-refractivity contribution < 1.29 is 14.0 Å². The second-order valence-electron chi connectivity index (χ2n) is 6.14. The topological polar surface area (TPSA) is 35.5 Å². The molecular weight excluding hydrogens is 220 g/mol. The maximum absolute atomic E-state index is 10.7. The number of hydrogen-bond acceptors (Lipinski definition) is 3. The van der Waals surface area contributed by atoms with Crippen LogP contribution in [0.5, 0.6) is 0 Å². The first-order chi connectivity index (χ1) is 7.22. The van der Waals surface area contributed by atoms with Gasteiger partial charge in [-0.05, 0) is 31.0 Å². The lowest BCUT2D eigenvalue weighted by molar-refractivity contribution is -0.121. The summed E-state index contributed by atoms with van der Waals surface area (Å²) in [6.45, 7) is 12.2. The van der Waals surface area contributed by atoms with Gasteiger partial charge in [0.15, 0.2) is 14.6 Å². The molecule has 0 aromatic heterocycles. The Hall–Kier alpha value is -0.193. The standard InChI is InChI=1S/C12H24O3Si/c1-11(2,3)16(4,5)15-9-8-14-12(10-13)6-7-12/h10H,6-9H2,1-5H3. The van der Waals surface area contributed by atoms with Gasteiger partial charge in [0, 0.05) is 0 Å². The molecule has 0 bridgehead atoms. The van der Waals surface area contributed by atoms with E-state index in [1.807, 2.05) is 0 Å². The van der Waals surface area contributed by atoms with Crippen molar-refractivity contribution in [2.75, 3.05) is 13.2 Å². The van der Waals surface area contributed by atoms with Gasteiger partial charge in [-0.1, -0.05) is 20.8 Å². The second-order valence-corrected chi connectivity index (χ2v) is 10.9. The summed E-state index contributed by atoms with van der Waals surface area (Å²) in [7, 11) is -1.66. The highest BCUT2D eigenvalue weighted by Gasteiger charge is 2.44. The van der Waals surface area contributed by atoms with Gasteiger partial charge in [-0.2, -0.15) is 0 Å². The molecule has 1 rings (SSSR count). The van der Waals surface area contributed by atoms with Crippen LogP contribution in [0.1, 0.15) is 33.6 Å². The molecule has 0 saturated heterocycles. The third-order valence-electron chi connectivity index (χ3n) is 3.70. The van der Waals surface area contributed by atoms with Crippen LogP contribution in [0.15, 0.2) is 0 Å². The molecule has 0 aromatic carbocycles. The van der Waals surface area contributed by atoms with E-state index in [-0.39, 0.29) is 5.04 Å². The molecule has 4 heteroatoms. The molecule has 0 aromatic rings. The molecule has 0 radical (unpaired) electrons. The Kier molecular flexibility index (Phi) is 3.98. The van der Waals surface area contributed by atoms with Crippen molar-refractivity contribution in [3.8, 4) is 0 Å². The molecule has 0 amide bonds. The van der Waals surface area contributed by atoms with Crippen molar-refractivity contribution in [3.63, 3.8) is 0 Å². The molecule has 0 aliphatic heterocycles. The van der Waals surface area contributed by atoms with Crippen LogP contribution in [0, 0.1) is 0 Å². The molecule has 0 unspecified atom stereocenters. The minimum absolute atomic E-state index is 0.231. The van der Waals surface area contributed by atoms with E-state index in [1.54, 1.807) is 0 Å². The highest BCUT2D eigenvalue weighted by atomic mass is 28.4. The second kappa shape index (κ2) is 4.59. The first-order valence-corrected chi connectivity index (χ1v) is 8.88. The predicted molar refractivity (Wildman–Crippen MR) is 67.1 cm³/mol. The van der Waals surface area contributed by atoms with E-state index in [2.05, 4.69) is 33.9 Å². The summed E-state index contributed by atoms with van der Waals surface area (Å²) in [4.78, 5) is 10.7. The van der Waals surface area contributed by atoms with Crippen LogP contribution in [-0.2, 0) is 14.0 Å². The number of ether oxygens (including phenoxy) is 1. The zero-order valence-electron chi connectivity index (χ0n) is 11.1. The largest absolute Gasteiger partial charge is 0.414 e. The van der Waals surface area contributed by atoms with Crippen LogP contribution >= 0.6 is 0 Å². The van der Waals surface area contributed by atoms with Crippen LogP contribution in [-0.4, -0.2) is 33.4 Å². The summed E-state index contributed by atoms with van der Waals surface area (Å²) in [6.07, 6.45) is 2.67. The smallest absolute Gasteiger partial charge is 0.192 e. The van der Waals surface area contributed by atoms with Crippen molar-refractivity contribution in [1.82, 2.24) is 0 Å². The number of carbonyl (C=O) groups is 1. The fraction of sp³-hybridized carbons (Fsp3) is 0.917. The Morgan fingerprint density at radius 1 is 1.25 bits per heavy atom. The zero-order chi connectivity index (χ0) is 12.4. The van der Waals surface area contributed by atoms with Gasteiger partial charge >= 0.3 is 0 Å². The first kappa shape index (κ1) is 13.9. The first-order valence-electron chi connectivity index (χ1n) is 5.97. The van der Waals surface area contributed by atoms with E-state index < -0.39 is 13.9 Å². The Bertz CT molecular complexity index is 251. The Balaban J connectivity index is 2.23. The lowest BCUT2D eigenvalue weighted by Crippen LogP contribution is -2.41. The van der Waals surface area contributed by atoms with E-state index >= 15 is 0 Å². The molecule has 16 heavy (non-hydrogen) atoms. The van der Waals surface area contributed by atoms with Gasteiger partial charge in [0.05, 0.1) is 13.2 Å². The van der Waals surface area contributed by atoms with E-state index in [0.717, 1.165) is 19.1 Å². The average molecular weight is 244 g/mol. The Morgan fingerprint density at radius 3 is 2.19 bits per heavy atom. The van der Waals surface area contributed by atoms with Gasteiger partial charge < -0.3 is 14.0 Å². The molecule has 1 aliphatic rings. The average Bonchev–Trinajstić information content (AvgIpc) is 2.91. The number of rotatable bonds is 6. The minimum atomic E-state index is -1.66. The van der Waals surface area contributed by atoms with Gasteiger partial charge in [0.2, 0.25) is 0 Å². The molecule has 0 spiro atoms. The maximum atomic E-state index is 10.7. The van der Waals surface area contributed by atoms with Gasteiger partial charge in [-0.25, -0.2) is 0 Å². The summed E-state index contributed by atoms with van der Waals surface area (Å²) < 4.78 is 11.5. The Morgan fingerprint density at radius 2 is 1.81 bits per heavy atom. The fourth-order valence-corrected chi connectivity index (χ4v) is 2.20. The van der Waals surface area contributed by atoms with Crippen molar-refractivity contribution in [1.29, 1.82) is 0 Å². The lowest BCUT2D eigenvalue weighted by atomic mass is 10.2. The predicted octanol–water partition coefficient (Wildman–Crippen LogP) is 2.76. The minimum Gasteiger partial charge on any atom is -0.414 e. The van der Waals surface area contributed by atoms with E-state index in [1.165, 1.54) is 0 Å². The highest BCUT2D eigenvalue weighted by molar-refractivity contribution is 6.74. The monoisotopic (exact) mass is 244 g/mol. The van der Waals surface area contributed by atoms with Gasteiger partial charge in [0.1, 0.15) is 5.60 Å². The van der Waals surface area contributed by atoms with Crippen LogP contribution in [0.3, 0.4) is 0 Å². The van der Waals surface area contributed by atoms with Crippen molar-refractivity contribution in [2.45, 2.75) is 57.3 Å². The maximum Gasteiger partial charge on any atom is 0.192 e. The number of carbonyl (C=O) groups excluding carboxylic acids is 1. The van der Waals surface area contributed by atoms with Crippen LogP contribution < -0.4 is 0 Å². The highest BCUT2D eigenvalue weighted by Crippen LogP contribution is 2.38. The molecule has 0 heterocycles. The van der Waals surface area contributed by atoms with E-state index in [9.17, 15) is 4.79 Å². The third-order valence-corrected chi connectivity index (χ3v) is 8.24. The van der Waals surface area contributed by atoms with Crippen LogP contribution in [0.25, 0.3) is 0 Å². The van der Waals surface area contributed by atoms with Gasteiger partial charge in [0.25, 0.3) is 0 Å².